The van der Waals surface area contributed by atoms with Gasteiger partial charge in [0, 0.05) is 12.2 Å². The molecule has 1 aromatic carbocycles. The quantitative estimate of drug-likeness (QED) is 0.516. The lowest BCUT2D eigenvalue weighted by Gasteiger charge is -2.11. The van der Waals surface area contributed by atoms with Crippen molar-refractivity contribution < 1.29 is 4.79 Å². The van der Waals surface area contributed by atoms with Gasteiger partial charge >= 0.3 is 0 Å². The highest BCUT2D eigenvalue weighted by Crippen LogP contribution is 2.30. The van der Waals surface area contributed by atoms with Crippen LogP contribution in [0.1, 0.15) is 37.8 Å². The molecule has 1 aromatic heterocycles. The van der Waals surface area contributed by atoms with Crippen molar-refractivity contribution >= 4 is 39.8 Å². The summed E-state index contributed by atoms with van der Waals surface area (Å²) >= 11 is 2.90. The van der Waals surface area contributed by atoms with Crippen molar-refractivity contribution in [3.8, 4) is 0 Å². The molecule has 0 unspecified atom stereocenters. The maximum atomic E-state index is 11.7. The molecule has 2 N–H and O–H groups in total. The molecule has 2 aromatic rings. The molecular formula is C17H24N4OS2. The highest BCUT2D eigenvalue weighted by molar-refractivity contribution is 8.01. The second kappa shape index (κ2) is 9.64. The number of para-hydroxylation sites is 1. The molecule has 0 aliphatic heterocycles. The number of nitrogens with one attached hydrogen (secondary N) is 2. The maximum Gasteiger partial charge on any atom is 0.230 e. The number of nitrogens with zero attached hydrogens (tertiary/aromatic N) is 2. The average molecular weight is 365 g/mol. The van der Waals surface area contributed by atoms with Crippen LogP contribution in [0.15, 0.2) is 22.5 Å². The highest BCUT2D eigenvalue weighted by Gasteiger charge is 2.10. The van der Waals surface area contributed by atoms with Gasteiger partial charge in [-0.1, -0.05) is 61.6 Å². The SMILES string of the molecule is CCCCNC(=O)CSc1nnc(Nc2c(C)cccc2CC)s1. The van der Waals surface area contributed by atoms with Crippen molar-refractivity contribution in [1.82, 2.24) is 15.5 Å². The monoisotopic (exact) mass is 364 g/mol. The number of amides is 1. The number of thioether (sulfide) groups is 1. The zero-order valence-corrected chi connectivity index (χ0v) is 16.0. The average Bonchev–Trinajstić information content (AvgIpc) is 3.03. The van der Waals surface area contributed by atoms with Crippen LogP contribution in [-0.2, 0) is 11.2 Å². The van der Waals surface area contributed by atoms with Gasteiger partial charge in [0.25, 0.3) is 0 Å². The van der Waals surface area contributed by atoms with E-state index in [-0.39, 0.29) is 5.91 Å². The summed E-state index contributed by atoms with van der Waals surface area (Å²) in [6.07, 6.45) is 3.05. The second-order valence-corrected chi connectivity index (χ2v) is 7.65. The molecule has 0 aliphatic carbocycles. The minimum absolute atomic E-state index is 0.0466. The summed E-state index contributed by atoms with van der Waals surface area (Å²) in [6.45, 7) is 7.07. The van der Waals surface area contributed by atoms with Crippen LogP contribution in [0.25, 0.3) is 0 Å². The van der Waals surface area contributed by atoms with E-state index in [1.807, 2.05) is 0 Å². The molecule has 0 atom stereocenters. The van der Waals surface area contributed by atoms with Gasteiger partial charge in [-0.15, -0.1) is 10.2 Å². The standard InChI is InChI=1S/C17H24N4OS2/c1-4-6-10-18-14(22)11-23-17-21-20-16(24-17)19-15-12(3)8-7-9-13(15)5-2/h7-9H,4-6,10-11H2,1-3H3,(H,18,22)(H,19,20). The Hall–Kier alpha value is -1.60. The van der Waals surface area contributed by atoms with Crippen molar-refractivity contribution in [2.45, 2.75) is 44.4 Å². The van der Waals surface area contributed by atoms with Crippen LogP contribution in [-0.4, -0.2) is 28.4 Å². The third-order valence-electron chi connectivity index (χ3n) is 3.56. The molecule has 130 valence electrons. The molecule has 1 amide bonds. The Labute approximate surface area is 151 Å². The number of benzene rings is 1. The molecule has 0 bridgehead atoms. The maximum absolute atomic E-state index is 11.7. The van der Waals surface area contributed by atoms with E-state index in [0.29, 0.717) is 5.75 Å². The number of unbranched alkanes of at least 4 members (excludes halogenated alkanes) is 1. The summed E-state index contributed by atoms with van der Waals surface area (Å²) in [7, 11) is 0. The number of carbonyl (C=O) groups is 1. The molecule has 0 radical (unpaired) electrons. The predicted octanol–water partition coefficient (Wildman–Crippen LogP) is 4.16. The van der Waals surface area contributed by atoms with E-state index < -0.39 is 0 Å². The number of hydrogen-bond donors (Lipinski definition) is 2. The molecule has 0 spiro atoms. The van der Waals surface area contributed by atoms with Crippen molar-refractivity contribution in [2.24, 2.45) is 0 Å². The minimum atomic E-state index is 0.0466. The Bertz CT molecular complexity index is 672. The third-order valence-corrected chi connectivity index (χ3v) is 5.53. The fourth-order valence-corrected chi connectivity index (χ4v) is 3.80. The molecule has 0 saturated heterocycles. The van der Waals surface area contributed by atoms with Crippen LogP contribution < -0.4 is 10.6 Å². The Kier molecular flexibility index (Phi) is 7.52. The summed E-state index contributed by atoms with van der Waals surface area (Å²) in [4.78, 5) is 11.7. The van der Waals surface area contributed by atoms with Crippen molar-refractivity contribution in [3.63, 3.8) is 0 Å². The lowest BCUT2D eigenvalue weighted by Crippen LogP contribution is -2.25. The molecule has 7 heteroatoms. The number of hydrogen-bond acceptors (Lipinski definition) is 6. The van der Waals surface area contributed by atoms with Gasteiger partial charge in [0.15, 0.2) is 4.34 Å². The first-order valence-corrected chi connectivity index (χ1v) is 10.0. The van der Waals surface area contributed by atoms with Crippen LogP contribution in [0.3, 0.4) is 0 Å². The first-order chi connectivity index (χ1) is 11.6. The predicted molar refractivity (Wildman–Crippen MR) is 102 cm³/mol. The number of rotatable bonds is 9. The molecule has 0 aliphatic rings. The summed E-state index contributed by atoms with van der Waals surface area (Å²) < 4.78 is 0.801. The van der Waals surface area contributed by atoms with Gasteiger partial charge in [-0.3, -0.25) is 4.79 Å². The second-order valence-electron chi connectivity index (χ2n) is 5.45. The summed E-state index contributed by atoms with van der Waals surface area (Å²) in [6, 6.07) is 6.27. The third kappa shape index (κ3) is 5.49. The molecule has 0 fully saturated rings. The highest BCUT2D eigenvalue weighted by atomic mass is 32.2. The minimum Gasteiger partial charge on any atom is -0.355 e. The summed E-state index contributed by atoms with van der Waals surface area (Å²) in [5, 5.41) is 15.4. The van der Waals surface area contributed by atoms with Gasteiger partial charge in [0.05, 0.1) is 5.75 Å². The van der Waals surface area contributed by atoms with Crippen LogP contribution in [0.5, 0.6) is 0 Å². The van der Waals surface area contributed by atoms with Crippen molar-refractivity contribution in [2.75, 3.05) is 17.6 Å². The number of anilines is 2. The molecule has 2 rings (SSSR count). The van der Waals surface area contributed by atoms with Gasteiger partial charge < -0.3 is 10.6 Å². The zero-order chi connectivity index (χ0) is 17.4. The number of carbonyl (C=O) groups excluding carboxylic acids is 1. The molecule has 1 heterocycles. The van der Waals surface area contributed by atoms with Gasteiger partial charge in [0.2, 0.25) is 11.0 Å². The molecule has 0 saturated carbocycles. The van der Waals surface area contributed by atoms with E-state index in [4.69, 9.17) is 0 Å². The van der Waals surface area contributed by atoms with Gasteiger partial charge in [-0.2, -0.15) is 0 Å². The van der Waals surface area contributed by atoms with Gasteiger partial charge in [-0.05, 0) is 30.9 Å². The Morgan fingerprint density at radius 3 is 2.88 bits per heavy atom. The fourth-order valence-electron chi connectivity index (χ4n) is 2.21. The summed E-state index contributed by atoms with van der Waals surface area (Å²) in [5.74, 6) is 0.425. The fraction of sp³-hybridized carbons (Fsp3) is 0.471. The van der Waals surface area contributed by atoms with E-state index in [0.717, 1.165) is 41.0 Å². The summed E-state index contributed by atoms with van der Waals surface area (Å²) in [5.41, 5.74) is 3.55. The Morgan fingerprint density at radius 2 is 2.12 bits per heavy atom. The first kappa shape index (κ1) is 18.7. The largest absolute Gasteiger partial charge is 0.355 e. The van der Waals surface area contributed by atoms with Crippen molar-refractivity contribution in [1.29, 1.82) is 0 Å². The van der Waals surface area contributed by atoms with E-state index in [1.54, 1.807) is 0 Å². The van der Waals surface area contributed by atoms with E-state index in [2.05, 4.69) is 59.8 Å². The molecule has 24 heavy (non-hydrogen) atoms. The normalized spacial score (nSPS) is 10.6. The number of aryl methyl sites for hydroxylation is 2. The first-order valence-electron chi connectivity index (χ1n) is 8.22. The zero-order valence-electron chi connectivity index (χ0n) is 14.4. The van der Waals surface area contributed by atoms with Crippen molar-refractivity contribution in [3.05, 3.63) is 29.3 Å². The topological polar surface area (TPSA) is 66.9 Å². The lowest BCUT2D eigenvalue weighted by atomic mass is 10.1. The number of aromatic nitrogens is 2. The van der Waals surface area contributed by atoms with Crippen LogP contribution in [0.2, 0.25) is 0 Å². The van der Waals surface area contributed by atoms with Crippen LogP contribution in [0, 0.1) is 6.92 Å². The molecular weight excluding hydrogens is 340 g/mol. The smallest absolute Gasteiger partial charge is 0.230 e. The Morgan fingerprint density at radius 1 is 1.29 bits per heavy atom. The van der Waals surface area contributed by atoms with E-state index in [9.17, 15) is 4.79 Å². The van der Waals surface area contributed by atoms with E-state index >= 15 is 0 Å². The Balaban J connectivity index is 1.91. The molecule has 5 nitrogen and oxygen atoms in total. The van der Waals surface area contributed by atoms with Crippen LogP contribution in [0.4, 0.5) is 10.8 Å². The lowest BCUT2D eigenvalue weighted by molar-refractivity contribution is -0.118. The van der Waals surface area contributed by atoms with E-state index in [1.165, 1.54) is 34.2 Å². The van der Waals surface area contributed by atoms with Gasteiger partial charge in [-0.25, -0.2) is 0 Å². The van der Waals surface area contributed by atoms with Gasteiger partial charge in [0.1, 0.15) is 0 Å². The van der Waals surface area contributed by atoms with Crippen LogP contribution >= 0.6 is 23.1 Å².